The maximum absolute atomic E-state index is 13.0. The molecule has 0 saturated heterocycles. The molecule has 1 unspecified atom stereocenters. The fraction of sp³-hybridized carbons (Fsp3) is 0.250. The summed E-state index contributed by atoms with van der Waals surface area (Å²) < 4.78 is 16.4. The lowest BCUT2D eigenvalue weighted by molar-refractivity contribution is -0.121. The molecule has 0 bridgehead atoms. The Morgan fingerprint density at radius 2 is 1.58 bits per heavy atom. The van der Waals surface area contributed by atoms with Crippen molar-refractivity contribution in [3.63, 3.8) is 0 Å². The molecule has 4 N–H and O–H groups in total. The van der Waals surface area contributed by atoms with E-state index in [1.54, 1.807) is 25.2 Å². The molecule has 38 heavy (non-hydrogen) atoms. The number of nitrogens with one attached hydrogen (secondary N) is 3. The average molecular weight is 522 g/mol. The van der Waals surface area contributed by atoms with Crippen molar-refractivity contribution in [1.29, 1.82) is 0 Å². The number of urea groups is 1. The lowest BCUT2D eigenvalue weighted by Crippen LogP contribution is -2.40. The maximum atomic E-state index is 13.0. The molecular formula is C28H31N3O7. The van der Waals surface area contributed by atoms with Crippen LogP contribution in [-0.2, 0) is 11.2 Å². The number of ether oxygens (including phenoxy) is 3. The van der Waals surface area contributed by atoms with E-state index >= 15 is 0 Å². The molecule has 200 valence electrons. The summed E-state index contributed by atoms with van der Waals surface area (Å²) in [5, 5.41) is 17.7. The molecular weight excluding hydrogens is 490 g/mol. The Morgan fingerprint density at radius 3 is 2.24 bits per heavy atom. The number of carbonyl (C=O) groups is 3. The van der Waals surface area contributed by atoms with Crippen molar-refractivity contribution in [3.05, 3.63) is 77.4 Å². The van der Waals surface area contributed by atoms with E-state index in [1.807, 2.05) is 31.2 Å². The van der Waals surface area contributed by atoms with Crippen molar-refractivity contribution in [3.8, 4) is 17.2 Å². The van der Waals surface area contributed by atoms with Crippen LogP contribution in [0.5, 0.6) is 17.2 Å². The molecule has 0 fully saturated rings. The van der Waals surface area contributed by atoms with Crippen molar-refractivity contribution < 1.29 is 33.7 Å². The number of aromatic carboxylic acids is 1. The molecule has 0 aliphatic heterocycles. The molecule has 3 aromatic rings. The summed E-state index contributed by atoms with van der Waals surface area (Å²) in [6.07, 6.45) is 0.0933. The van der Waals surface area contributed by atoms with Crippen LogP contribution < -0.4 is 30.2 Å². The molecule has 0 spiro atoms. The van der Waals surface area contributed by atoms with Gasteiger partial charge >= 0.3 is 12.0 Å². The van der Waals surface area contributed by atoms with Crippen LogP contribution in [0.4, 0.5) is 16.2 Å². The topological polar surface area (TPSA) is 135 Å². The van der Waals surface area contributed by atoms with Gasteiger partial charge in [0.15, 0.2) is 17.3 Å². The molecule has 0 saturated carbocycles. The van der Waals surface area contributed by atoms with Gasteiger partial charge in [-0.3, -0.25) is 4.79 Å². The van der Waals surface area contributed by atoms with E-state index in [-0.39, 0.29) is 30.1 Å². The fourth-order valence-corrected chi connectivity index (χ4v) is 3.69. The first-order valence-electron chi connectivity index (χ1n) is 11.8. The van der Waals surface area contributed by atoms with Gasteiger partial charge in [-0.2, -0.15) is 0 Å². The largest absolute Gasteiger partial charge is 0.495 e. The molecule has 3 aromatic carbocycles. The molecule has 0 aliphatic carbocycles. The van der Waals surface area contributed by atoms with Gasteiger partial charge in [0, 0.05) is 12.1 Å². The van der Waals surface area contributed by atoms with Gasteiger partial charge in [-0.1, -0.05) is 24.3 Å². The highest BCUT2D eigenvalue weighted by Gasteiger charge is 2.20. The van der Waals surface area contributed by atoms with Gasteiger partial charge in [-0.05, 0) is 61.5 Å². The average Bonchev–Trinajstić information content (AvgIpc) is 2.91. The third-order valence-electron chi connectivity index (χ3n) is 5.84. The number of carboxylic acid groups (broad SMARTS) is 1. The van der Waals surface area contributed by atoms with Gasteiger partial charge in [0.1, 0.15) is 18.4 Å². The monoisotopic (exact) mass is 521 g/mol. The summed E-state index contributed by atoms with van der Waals surface area (Å²) in [4.78, 5) is 36.7. The Balaban J connectivity index is 1.63. The second-order valence-electron chi connectivity index (χ2n) is 8.39. The van der Waals surface area contributed by atoms with Crippen LogP contribution in [-0.4, -0.2) is 56.8 Å². The Hall–Kier alpha value is -4.57. The summed E-state index contributed by atoms with van der Waals surface area (Å²) in [5.74, 6) is -0.218. The number of hydrogen-bond donors (Lipinski definition) is 4. The predicted molar refractivity (Wildman–Crippen MR) is 144 cm³/mol. The molecule has 10 nitrogen and oxygen atoms in total. The third-order valence-corrected chi connectivity index (χ3v) is 5.84. The lowest BCUT2D eigenvalue weighted by atomic mass is 10.0. The van der Waals surface area contributed by atoms with Crippen LogP contribution in [0.15, 0.2) is 60.7 Å². The van der Waals surface area contributed by atoms with E-state index in [1.165, 1.54) is 32.4 Å². The number of methoxy groups -OCH3 is 2. The van der Waals surface area contributed by atoms with Gasteiger partial charge in [0.05, 0.1) is 25.5 Å². The zero-order chi connectivity index (χ0) is 27.7. The zero-order valence-corrected chi connectivity index (χ0v) is 21.7. The maximum Gasteiger partial charge on any atom is 0.335 e. The van der Waals surface area contributed by atoms with E-state index in [2.05, 4.69) is 16.0 Å². The van der Waals surface area contributed by atoms with Crippen LogP contribution in [0.25, 0.3) is 0 Å². The standard InChI is InChI=1S/C28H31N3O7/c1-17-7-5-6-8-20(17)30-28(35)31-21-11-9-18(14-25(21)36-3)13-23(32)22(29-2)16-38-24-12-10-19(27(33)34)15-26(24)37-4/h5-12,14-15,22,29H,13,16H2,1-4H3,(H,33,34)(H2,30,31,35). The normalized spacial score (nSPS) is 11.3. The van der Waals surface area contributed by atoms with E-state index in [0.29, 0.717) is 28.4 Å². The first-order valence-corrected chi connectivity index (χ1v) is 11.8. The van der Waals surface area contributed by atoms with Crippen molar-refractivity contribution >= 4 is 29.2 Å². The van der Waals surface area contributed by atoms with Crippen molar-refractivity contribution in [1.82, 2.24) is 5.32 Å². The Kier molecular flexibility index (Phi) is 9.66. The highest BCUT2D eigenvalue weighted by atomic mass is 16.5. The highest BCUT2D eigenvalue weighted by Crippen LogP contribution is 2.29. The molecule has 10 heteroatoms. The summed E-state index contributed by atoms with van der Waals surface area (Å²) >= 11 is 0. The number of likely N-dealkylation sites (N-methyl/N-ethyl adjacent to an activating group) is 1. The fourth-order valence-electron chi connectivity index (χ4n) is 3.69. The molecule has 3 rings (SSSR count). The summed E-state index contributed by atoms with van der Waals surface area (Å²) in [6, 6.07) is 15.8. The number of hydrogen-bond acceptors (Lipinski definition) is 7. The number of amides is 2. The van der Waals surface area contributed by atoms with E-state index < -0.39 is 18.0 Å². The Bertz CT molecular complexity index is 1310. The third kappa shape index (κ3) is 7.23. The second-order valence-corrected chi connectivity index (χ2v) is 8.39. The minimum Gasteiger partial charge on any atom is -0.495 e. The van der Waals surface area contributed by atoms with Crippen LogP contribution in [0.2, 0.25) is 0 Å². The number of aryl methyl sites for hydroxylation is 1. The quantitative estimate of drug-likeness (QED) is 0.279. The van der Waals surface area contributed by atoms with Gasteiger partial charge in [0.2, 0.25) is 0 Å². The number of carbonyl (C=O) groups excluding carboxylic acids is 2. The SMILES string of the molecule is CNC(COc1ccc(C(=O)O)cc1OC)C(=O)Cc1ccc(NC(=O)Nc2ccccc2C)c(OC)c1. The first kappa shape index (κ1) is 28.0. The highest BCUT2D eigenvalue weighted by molar-refractivity contribution is 6.01. The number of ketones is 1. The van der Waals surface area contributed by atoms with Crippen molar-refractivity contribution in [2.24, 2.45) is 0 Å². The van der Waals surface area contributed by atoms with Gasteiger partial charge < -0.3 is 35.3 Å². The summed E-state index contributed by atoms with van der Waals surface area (Å²) in [7, 11) is 4.54. The molecule has 0 heterocycles. The molecule has 0 radical (unpaired) electrons. The molecule has 0 aliphatic rings. The Morgan fingerprint density at radius 1 is 0.868 bits per heavy atom. The number of para-hydroxylation sites is 1. The van der Waals surface area contributed by atoms with E-state index in [4.69, 9.17) is 19.3 Å². The van der Waals surface area contributed by atoms with Crippen LogP contribution in [0.3, 0.4) is 0 Å². The molecule has 2 amide bonds. The van der Waals surface area contributed by atoms with Gasteiger partial charge in [0.25, 0.3) is 0 Å². The zero-order valence-electron chi connectivity index (χ0n) is 21.7. The summed E-state index contributed by atoms with van der Waals surface area (Å²) in [6.45, 7) is 1.91. The molecule has 1 atom stereocenters. The first-order chi connectivity index (χ1) is 18.2. The number of Topliss-reactive ketones (excluding diaryl/α,β-unsaturated/α-hetero) is 1. The number of benzene rings is 3. The number of carboxylic acids is 1. The smallest absolute Gasteiger partial charge is 0.335 e. The lowest BCUT2D eigenvalue weighted by Gasteiger charge is -2.18. The number of anilines is 2. The predicted octanol–water partition coefficient (Wildman–Crippen LogP) is 4.13. The van der Waals surface area contributed by atoms with Crippen LogP contribution >= 0.6 is 0 Å². The van der Waals surface area contributed by atoms with Crippen LogP contribution in [0, 0.1) is 6.92 Å². The second kappa shape index (κ2) is 13.1. The Labute approximate surface area is 220 Å². The van der Waals surface area contributed by atoms with Crippen molar-refractivity contribution in [2.45, 2.75) is 19.4 Å². The van der Waals surface area contributed by atoms with Gasteiger partial charge in [-0.25, -0.2) is 9.59 Å². The number of rotatable bonds is 12. The molecule has 0 aromatic heterocycles. The summed E-state index contributed by atoms with van der Waals surface area (Å²) in [5.41, 5.74) is 2.85. The minimum atomic E-state index is -1.08. The minimum absolute atomic E-state index is 0.00790. The van der Waals surface area contributed by atoms with Crippen LogP contribution in [0.1, 0.15) is 21.5 Å². The van der Waals surface area contributed by atoms with Gasteiger partial charge in [-0.15, -0.1) is 0 Å². The van der Waals surface area contributed by atoms with Crippen molar-refractivity contribution in [2.75, 3.05) is 38.5 Å². The van der Waals surface area contributed by atoms with E-state index in [9.17, 15) is 14.4 Å². The van der Waals surface area contributed by atoms with E-state index in [0.717, 1.165) is 5.56 Å².